The molecule has 0 radical (unpaired) electrons. The second kappa shape index (κ2) is 19.1. The van der Waals surface area contributed by atoms with E-state index in [-0.39, 0.29) is 29.8 Å². The summed E-state index contributed by atoms with van der Waals surface area (Å²) in [4.78, 5) is 12.4. The van der Waals surface area contributed by atoms with E-state index in [4.69, 9.17) is 18.9 Å². The fourth-order valence-electron chi connectivity index (χ4n) is 4.85. The predicted octanol–water partition coefficient (Wildman–Crippen LogP) is 6.92. The molecule has 0 bridgehead atoms. The Balaban J connectivity index is 0.00000258. The lowest BCUT2D eigenvalue weighted by atomic mass is 9.68. The van der Waals surface area contributed by atoms with Crippen LogP contribution in [0.1, 0.15) is 99.8 Å². The molecule has 1 aliphatic carbocycles. The van der Waals surface area contributed by atoms with E-state index >= 15 is 0 Å². The van der Waals surface area contributed by atoms with Crippen LogP contribution in [0.2, 0.25) is 0 Å². The average Bonchev–Trinajstić information content (AvgIpc) is 3.61. The molecule has 1 N–H and O–H groups in total. The Hall–Kier alpha value is -1.11. The van der Waals surface area contributed by atoms with Gasteiger partial charge in [0.05, 0.1) is 12.2 Å². The SMILES string of the molecule is CC.CC.COCCCCCCNC(=O)OC1CC[C@]2(CO2)C([C@H](C)CCC=C(C)C)C1OC. The van der Waals surface area contributed by atoms with Gasteiger partial charge in [-0.3, -0.25) is 0 Å². The third-order valence-electron chi connectivity index (χ3n) is 6.56. The molecule has 1 aliphatic heterocycles. The standard InChI is InChI=1S/C24H43NO5.2C2H6/c1-18(2)11-10-12-19(3)21-22(28-5)20(13-14-24(21)17-29-24)30-23(26)25-15-8-6-7-9-16-27-4;2*1-2/h11,19-22H,6-10,12-17H2,1-5H3,(H,25,26);2*1-2H3/t19-,20?,21?,22?,24+;;/m1../s1. The number of carbonyl (C=O) groups excluding carboxylic acids is 1. The number of hydrogen-bond acceptors (Lipinski definition) is 5. The van der Waals surface area contributed by atoms with Gasteiger partial charge in [0.15, 0.2) is 0 Å². The molecule has 34 heavy (non-hydrogen) atoms. The van der Waals surface area contributed by atoms with Crippen LogP contribution in [0.3, 0.4) is 0 Å². The summed E-state index contributed by atoms with van der Waals surface area (Å²) in [7, 11) is 3.46. The zero-order chi connectivity index (χ0) is 26.0. The number of hydrogen-bond donors (Lipinski definition) is 1. The first-order valence-electron chi connectivity index (χ1n) is 13.7. The van der Waals surface area contributed by atoms with Crippen molar-refractivity contribution in [2.24, 2.45) is 11.8 Å². The molecule has 5 atom stereocenters. The minimum atomic E-state index is -0.331. The van der Waals surface area contributed by atoms with Crippen LogP contribution >= 0.6 is 0 Å². The zero-order valence-corrected chi connectivity index (χ0v) is 23.7. The lowest BCUT2D eigenvalue weighted by Crippen LogP contribution is -2.53. The normalized spacial score (nSPS) is 25.7. The number of epoxide rings is 1. The van der Waals surface area contributed by atoms with Crippen LogP contribution < -0.4 is 5.32 Å². The van der Waals surface area contributed by atoms with Gasteiger partial charge in [-0.2, -0.15) is 0 Å². The number of amides is 1. The van der Waals surface area contributed by atoms with E-state index in [9.17, 15) is 4.79 Å². The lowest BCUT2D eigenvalue weighted by molar-refractivity contribution is -0.114. The largest absolute Gasteiger partial charge is 0.443 e. The highest BCUT2D eigenvalue weighted by atomic mass is 16.6. The molecule has 0 aromatic heterocycles. The second-order valence-corrected chi connectivity index (χ2v) is 9.23. The number of rotatable bonds is 13. The Morgan fingerprint density at radius 2 is 1.76 bits per heavy atom. The molecule has 2 aliphatic rings. The van der Waals surface area contributed by atoms with Crippen LogP contribution in [-0.4, -0.2) is 57.9 Å². The van der Waals surface area contributed by atoms with E-state index in [2.05, 4.69) is 32.2 Å². The van der Waals surface area contributed by atoms with Gasteiger partial charge in [0.1, 0.15) is 12.2 Å². The first-order chi connectivity index (χ1) is 16.4. The van der Waals surface area contributed by atoms with Crippen molar-refractivity contribution in [3.63, 3.8) is 0 Å². The highest BCUT2D eigenvalue weighted by molar-refractivity contribution is 5.67. The number of allylic oxidation sites excluding steroid dienone is 2. The van der Waals surface area contributed by atoms with Crippen LogP contribution in [0.4, 0.5) is 4.79 Å². The van der Waals surface area contributed by atoms with Gasteiger partial charge in [-0.1, -0.05) is 59.1 Å². The summed E-state index contributed by atoms with van der Waals surface area (Å²) in [6, 6.07) is 0. The van der Waals surface area contributed by atoms with Gasteiger partial charge in [-0.25, -0.2) is 4.79 Å². The third-order valence-corrected chi connectivity index (χ3v) is 6.56. The number of alkyl carbamates (subject to hydrolysis) is 1. The molecule has 0 aromatic carbocycles. The van der Waals surface area contributed by atoms with Crippen LogP contribution in [0.15, 0.2) is 11.6 Å². The maximum atomic E-state index is 12.4. The van der Waals surface area contributed by atoms with E-state index < -0.39 is 0 Å². The molecule has 2 rings (SSSR count). The number of unbranched alkanes of at least 4 members (excludes halogenated alkanes) is 3. The molecule has 0 aromatic rings. The zero-order valence-electron chi connectivity index (χ0n) is 23.7. The summed E-state index contributed by atoms with van der Waals surface area (Å²) in [5.41, 5.74) is 1.27. The molecule has 1 amide bonds. The molecule has 2 fully saturated rings. The summed E-state index contributed by atoms with van der Waals surface area (Å²) >= 11 is 0. The summed E-state index contributed by atoms with van der Waals surface area (Å²) in [6.45, 7) is 16.8. The highest BCUT2D eigenvalue weighted by Crippen LogP contribution is 2.51. The van der Waals surface area contributed by atoms with E-state index in [1.54, 1.807) is 14.2 Å². The molecular weight excluding hydrogens is 430 g/mol. The molecule has 1 saturated carbocycles. The number of carbonyl (C=O) groups is 1. The number of nitrogens with one attached hydrogen (secondary N) is 1. The van der Waals surface area contributed by atoms with E-state index in [1.807, 2.05) is 27.7 Å². The van der Waals surface area contributed by atoms with Crippen molar-refractivity contribution in [2.75, 3.05) is 34.0 Å². The van der Waals surface area contributed by atoms with Gasteiger partial charge in [0, 0.05) is 33.3 Å². The fourth-order valence-corrected chi connectivity index (χ4v) is 4.85. The maximum absolute atomic E-state index is 12.4. The van der Waals surface area contributed by atoms with Gasteiger partial charge in [-0.05, 0) is 58.3 Å². The van der Waals surface area contributed by atoms with Crippen LogP contribution in [-0.2, 0) is 18.9 Å². The fraction of sp³-hybridized carbons (Fsp3) is 0.893. The first kappa shape index (κ1) is 32.9. The van der Waals surface area contributed by atoms with Gasteiger partial charge >= 0.3 is 6.09 Å². The molecule has 6 nitrogen and oxygen atoms in total. The predicted molar refractivity (Wildman–Crippen MR) is 141 cm³/mol. The molecule has 1 spiro atoms. The van der Waals surface area contributed by atoms with Crippen LogP contribution in [0.25, 0.3) is 0 Å². The van der Waals surface area contributed by atoms with Crippen molar-refractivity contribution in [3.05, 3.63) is 11.6 Å². The summed E-state index contributed by atoms with van der Waals surface area (Å²) in [6.07, 6.45) is 9.71. The average molecular weight is 486 g/mol. The quantitative estimate of drug-likeness (QED) is 0.174. The van der Waals surface area contributed by atoms with E-state index in [1.165, 1.54) is 5.57 Å². The molecule has 1 heterocycles. The molecule has 6 heteroatoms. The lowest BCUT2D eigenvalue weighted by Gasteiger charge is -2.43. The maximum Gasteiger partial charge on any atom is 0.407 e. The van der Waals surface area contributed by atoms with Crippen molar-refractivity contribution in [3.8, 4) is 0 Å². The van der Waals surface area contributed by atoms with Crippen molar-refractivity contribution >= 4 is 6.09 Å². The molecule has 3 unspecified atom stereocenters. The second-order valence-electron chi connectivity index (χ2n) is 9.23. The van der Waals surface area contributed by atoms with E-state index in [0.29, 0.717) is 12.5 Å². The number of methoxy groups -OCH3 is 2. The topological polar surface area (TPSA) is 69.3 Å². The Morgan fingerprint density at radius 3 is 2.32 bits per heavy atom. The van der Waals surface area contributed by atoms with Crippen molar-refractivity contribution < 1.29 is 23.7 Å². The van der Waals surface area contributed by atoms with Crippen LogP contribution in [0, 0.1) is 11.8 Å². The monoisotopic (exact) mass is 485 g/mol. The summed E-state index contributed by atoms with van der Waals surface area (Å²) in [5.74, 6) is 0.690. The van der Waals surface area contributed by atoms with Crippen molar-refractivity contribution in [1.29, 1.82) is 0 Å². The smallest absolute Gasteiger partial charge is 0.407 e. The van der Waals surface area contributed by atoms with Crippen LogP contribution in [0.5, 0.6) is 0 Å². The first-order valence-corrected chi connectivity index (χ1v) is 13.7. The Kier molecular flexibility index (Phi) is 18.5. The van der Waals surface area contributed by atoms with E-state index in [0.717, 1.165) is 64.6 Å². The van der Waals surface area contributed by atoms with Gasteiger partial charge in [-0.15, -0.1) is 0 Å². The Bertz CT molecular complexity index is 543. The number of ether oxygens (including phenoxy) is 4. The molecule has 1 saturated heterocycles. The summed E-state index contributed by atoms with van der Waals surface area (Å²) < 4.78 is 22.7. The van der Waals surface area contributed by atoms with Gasteiger partial charge < -0.3 is 24.3 Å². The molecular formula is C28H55NO5. The Labute approximate surface area is 210 Å². The summed E-state index contributed by atoms with van der Waals surface area (Å²) in [5, 5.41) is 2.91. The Morgan fingerprint density at radius 1 is 1.12 bits per heavy atom. The van der Waals surface area contributed by atoms with Gasteiger partial charge in [0.2, 0.25) is 0 Å². The van der Waals surface area contributed by atoms with Crippen molar-refractivity contribution in [2.45, 2.75) is 118 Å². The van der Waals surface area contributed by atoms with Crippen molar-refractivity contribution in [1.82, 2.24) is 5.32 Å². The highest BCUT2D eigenvalue weighted by Gasteiger charge is 2.60. The molecule has 202 valence electrons. The minimum Gasteiger partial charge on any atom is -0.443 e. The third kappa shape index (κ3) is 11.5. The van der Waals surface area contributed by atoms with Gasteiger partial charge in [0.25, 0.3) is 0 Å². The minimum absolute atomic E-state index is 0.0798.